The molecule has 1 aliphatic heterocycles. The fourth-order valence-corrected chi connectivity index (χ4v) is 5.09. The minimum absolute atomic E-state index is 0.0656. The third-order valence-corrected chi connectivity index (χ3v) is 6.56. The molecule has 0 aromatic rings. The van der Waals surface area contributed by atoms with Crippen molar-refractivity contribution in [2.45, 2.75) is 44.6 Å². The molecule has 3 aliphatic rings. The van der Waals surface area contributed by atoms with E-state index in [0.717, 1.165) is 25.2 Å². The van der Waals surface area contributed by atoms with Crippen LogP contribution in [-0.4, -0.2) is 44.0 Å². The maximum atomic E-state index is 12.4. The Kier molecular flexibility index (Phi) is 3.79. The molecule has 0 unspecified atom stereocenters. The number of hydrogen-bond donors (Lipinski definition) is 1. The van der Waals surface area contributed by atoms with Crippen molar-refractivity contribution in [3.05, 3.63) is 0 Å². The highest BCUT2D eigenvalue weighted by Crippen LogP contribution is 2.44. The van der Waals surface area contributed by atoms with Gasteiger partial charge in [-0.05, 0) is 43.9 Å². The summed E-state index contributed by atoms with van der Waals surface area (Å²) in [7, 11) is -3.17. The molecule has 1 N–H and O–H groups in total. The third-order valence-electron chi connectivity index (χ3n) is 5.29. The molecule has 2 bridgehead atoms. The van der Waals surface area contributed by atoms with Crippen LogP contribution in [0.3, 0.4) is 0 Å². The number of piperidine rings is 1. The van der Waals surface area contributed by atoms with Gasteiger partial charge < -0.3 is 5.32 Å². The van der Waals surface area contributed by atoms with Gasteiger partial charge in [0, 0.05) is 19.1 Å². The van der Waals surface area contributed by atoms with Gasteiger partial charge in [-0.1, -0.05) is 6.42 Å². The zero-order chi connectivity index (χ0) is 14.3. The minimum Gasteiger partial charge on any atom is -0.353 e. The van der Waals surface area contributed by atoms with E-state index in [1.165, 1.54) is 29.8 Å². The number of rotatable bonds is 3. The Morgan fingerprint density at radius 3 is 2.60 bits per heavy atom. The first-order chi connectivity index (χ1) is 9.43. The van der Waals surface area contributed by atoms with E-state index in [1.807, 2.05) is 0 Å². The monoisotopic (exact) mass is 300 g/mol. The van der Waals surface area contributed by atoms with Crippen LogP contribution < -0.4 is 5.32 Å². The summed E-state index contributed by atoms with van der Waals surface area (Å²) in [5.74, 6) is 1.37. The Morgan fingerprint density at radius 1 is 1.20 bits per heavy atom. The zero-order valence-corrected chi connectivity index (χ0v) is 12.9. The molecule has 0 aromatic carbocycles. The second-order valence-corrected chi connectivity index (χ2v) is 8.73. The summed E-state index contributed by atoms with van der Waals surface area (Å²) in [5.41, 5.74) is 0. The number of hydrogen-bond acceptors (Lipinski definition) is 3. The van der Waals surface area contributed by atoms with E-state index in [4.69, 9.17) is 0 Å². The van der Waals surface area contributed by atoms with E-state index < -0.39 is 10.0 Å². The van der Waals surface area contributed by atoms with Gasteiger partial charge in [-0.2, -0.15) is 0 Å². The quantitative estimate of drug-likeness (QED) is 0.844. The first-order valence-electron chi connectivity index (χ1n) is 7.69. The van der Waals surface area contributed by atoms with Crippen molar-refractivity contribution in [1.82, 2.24) is 9.62 Å². The maximum absolute atomic E-state index is 12.4. The number of fused-ring (bicyclic) bond motifs is 2. The Hall–Kier alpha value is -0.620. The van der Waals surface area contributed by atoms with Crippen LogP contribution in [-0.2, 0) is 14.8 Å². The van der Waals surface area contributed by atoms with E-state index in [0.29, 0.717) is 25.0 Å². The molecule has 3 fully saturated rings. The number of sulfonamides is 1. The Balaban J connectivity index is 1.57. The average molecular weight is 300 g/mol. The van der Waals surface area contributed by atoms with Crippen LogP contribution in [0.2, 0.25) is 0 Å². The highest BCUT2D eigenvalue weighted by atomic mass is 32.2. The van der Waals surface area contributed by atoms with Crippen molar-refractivity contribution in [3.63, 3.8) is 0 Å². The molecule has 20 heavy (non-hydrogen) atoms. The average Bonchev–Trinajstić information content (AvgIpc) is 3.00. The SMILES string of the molecule is CS(=O)(=O)N1CCC[C@H](C(=O)N[C@H]2C[C@H]3CC[C@H]2C3)C1. The molecular formula is C14H24N2O3S. The number of amides is 1. The van der Waals surface area contributed by atoms with Gasteiger partial charge in [0.15, 0.2) is 0 Å². The summed E-state index contributed by atoms with van der Waals surface area (Å²) < 4.78 is 24.6. The molecule has 2 aliphatic carbocycles. The predicted octanol–water partition coefficient (Wildman–Crippen LogP) is 0.963. The van der Waals surface area contributed by atoms with E-state index in [1.54, 1.807) is 0 Å². The molecule has 2 saturated carbocycles. The van der Waals surface area contributed by atoms with Gasteiger partial charge in [0.2, 0.25) is 15.9 Å². The van der Waals surface area contributed by atoms with Crippen molar-refractivity contribution in [3.8, 4) is 0 Å². The van der Waals surface area contributed by atoms with Gasteiger partial charge in [0.1, 0.15) is 0 Å². The number of carbonyl (C=O) groups is 1. The molecule has 1 amide bonds. The first kappa shape index (κ1) is 14.3. The lowest BCUT2D eigenvalue weighted by Crippen LogP contribution is -2.48. The maximum Gasteiger partial charge on any atom is 0.224 e. The van der Waals surface area contributed by atoms with Gasteiger partial charge >= 0.3 is 0 Å². The van der Waals surface area contributed by atoms with Crippen LogP contribution in [0.4, 0.5) is 0 Å². The lowest BCUT2D eigenvalue weighted by Gasteiger charge is -2.32. The van der Waals surface area contributed by atoms with E-state index >= 15 is 0 Å². The number of carbonyl (C=O) groups excluding carboxylic acids is 1. The summed E-state index contributed by atoms with van der Waals surface area (Å²) in [4.78, 5) is 12.4. The largest absolute Gasteiger partial charge is 0.353 e. The summed E-state index contributed by atoms with van der Waals surface area (Å²) in [6.45, 7) is 0.905. The third kappa shape index (κ3) is 2.86. The molecule has 5 nitrogen and oxygen atoms in total. The molecular weight excluding hydrogens is 276 g/mol. The normalized spacial score (nSPS) is 38.0. The van der Waals surface area contributed by atoms with Crippen LogP contribution in [0.1, 0.15) is 38.5 Å². The Bertz CT molecular complexity index is 491. The highest BCUT2D eigenvalue weighted by Gasteiger charge is 2.41. The van der Waals surface area contributed by atoms with Crippen molar-refractivity contribution >= 4 is 15.9 Å². The molecule has 3 rings (SSSR count). The molecule has 1 heterocycles. The first-order valence-corrected chi connectivity index (χ1v) is 9.54. The van der Waals surface area contributed by atoms with Crippen molar-refractivity contribution < 1.29 is 13.2 Å². The van der Waals surface area contributed by atoms with E-state index in [2.05, 4.69) is 5.32 Å². The van der Waals surface area contributed by atoms with Crippen LogP contribution in [0.25, 0.3) is 0 Å². The fourth-order valence-electron chi connectivity index (χ4n) is 4.18. The Labute approximate surface area is 121 Å². The van der Waals surface area contributed by atoms with Gasteiger partial charge in [-0.3, -0.25) is 4.79 Å². The second-order valence-electron chi connectivity index (χ2n) is 6.75. The lowest BCUT2D eigenvalue weighted by molar-refractivity contribution is -0.127. The van der Waals surface area contributed by atoms with Crippen molar-refractivity contribution in [2.75, 3.05) is 19.3 Å². The summed E-state index contributed by atoms with van der Waals surface area (Å²) in [5, 5.41) is 3.19. The zero-order valence-electron chi connectivity index (χ0n) is 12.0. The van der Waals surface area contributed by atoms with Crippen LogP contribution in [0.5, 0.6) is 0 Å². The minimum atomic E-state index is -3.17. The van der Waals surface area contributed by atoms with Crippen LogP contribution in [0.15, 0.2) is 0 Å². The summed E-state index contributed by atoms with van der Waals surface area (Å²) >= 11 is 0. The van der Waals surface area contributed by atoms with Gasteiger partial charge in [0.25, 0.3) is 0 Å². The number of nitrogens with one attached hydrogen (secondary N) is 1. The molecule has 1 saturated heterocycles. The van der Waals surface area contributed by atoms with Gasteiger partial charge in [0.05, 0.1) is 12.2 Å². The second kappa shape index (κ2) is 5.30. The summed E-state index contributed by atoms with van der Waals surface area (Å²) in [6, 6.07) is 0.342. The molecule has 6 heteroatoms. The van der Waals surface area contributed by atoms with Gasteiger partial charge in [-0.25, -0.2) is 12.7 Å². The van der Waals surface area contributed by atoms with Crippen molar-refractivity contribution in [1.29, 1.82) is 0 Å². The highest BCUT2D eigenvalue weighted by molar-refractivity contribution is 7.88. The topological polar surface area (TPSA) is 66.5 Å². The number of nitrogens with zero attached hydrogens (tertiary/aromatic N) is 1. The molecule has 114 valence electrons. The molecule has 0 spiro atoms. The smallest absolute Gasteiger partial charge is 0.224 e. The summed E-state index contributed by atoms with van der Waals surface area (Å²) in [6.07, 6.45) is 7.77. The van der Waals surface area contributed by atoms with E-state index in [-0.39, 0.29) is 11.8 Å². The van der Waals surface area contributed by atoms with Crippen LogP contribution >= 0.6 is 0 Å². The Morgan fingerprint density at radius 2 is 2.00 bits per heavy atom. The molecule has 4 atom stereocenters. The van der Waals surface area contributed by atoms with Crippen molar-refractivity contribution in [2.24, 2.45) is 17.8 Å². The predicted molar refractivity (Wildman–Crippen MR) is 76.5 cm³/mol. The fraction of sp³-hybridized carbons (Fsp3) is 0.929. The van der Waals surface area contributed by atoms with Crippen LogP contribution in [0, 0.1) is 17.8 Å². The standard InChI is InChI=1S/C14H24N2O3S/c1-20(18,19)16-6-2-3-12(9-16)14(17)15-13-8-10-4-5-11(13)7-10/h10-13H,2-9H2,1H3,(H,15,17)/t10-,11-,12-,13-/m0/s1. The van der Waals surface area contributed by atoms with Gasteiger partial charge in [-0.15, -0.1) is 0 Å². The van der Waals surface area contributed by atoms with E-state index in [9.17, 15) is 13.2 Å². The lowest BCUT2D eigenvalue weighted by atomic mass is 9.93. The molecule has 0 aromatic heterocycles. The molecule has 0 radical (unpaired) electrons.